The Kier molecular flexibility index (Phi) is 7.25. The molecule has 0 bridgehead atoms. The van der Waals surface area contributed by atoms with E-state index in [1.165, 1.54) is 6.08 Å². The Morgan fingerprint density at radius 3 is 2.18 bits per heavy atom. The van der Waals surface area contributed by atoms with E-state index < -0.39 is 0 Å². The first-order chi connectivity index (χ1) is 10.5. The molecule has 1 aromatic rings. The van der Waals surface area contributed by atoms with Crippen LogP contribution in [0.2, 0.25) is 0 Å². The van der Waals surface area contributed by atoms with Gasteiger partial charge in [-0.1, -0.05) is 0 Å². The molecule has 0 spiro atoms. The van der Waals surface area contributed by atoms with Gasteiger partial charge in [-0.15, -0.1) is 0 Å². The summed E-state index contributed by atoms with van der Waals surface area (Å²) in [6.07, 6.45) is 3.13. The Morgan fingerprint density at radius 1 is 1.14 bits per heavy atom. The summed E-state index contributed by atoms with van der Waals surface area (Å²) < 4.78 is 20.8. The quantitative estimate of drug-likeness (QED) is 0.743. The molecule has 1 atom stereocenters. The largest absolute Gasteiger partial charge is 0.493 e. The summed E-state index contributed by atoms with van der Waals surface area (Å²) in [4.78, 5) is 11.8. The van der Waals surface area contributed by atoms with Crippen LogP contribution in [0.15, 0.2) is 18.2 Å². The van der Waals surface area contributed by atoms with E-state index in [1.54, 1.807) is 46.6 Å². The monoisotopic (exact) mass is 309 g/mol. The fourth-order valence-corrected chi connectivity index (χ4v) is 1.95. The molecule has 1 unspecified atom stereocenters. The number of carbonyl (C=O) groups excluding carboxylic acids is 1. The van der Waals surface area contributed by atoms with Crippen LogP contribution < -0.4 is 19.5 Å². The van der Waals surface area contributed by atoms with Crippen LogP contribution in [0.5, 0.6) is 17.2 Å². The second-order valence-corrected chi connectivity index (χ2v) is 4.66. The van der Waals surface area contributed by atoms with Gasteiger partial charge in [-0.05, 0) is 30.7 Å². The SMILES string of the molecule is COCC(C)NC(=O)C=Cc1cc(OC)c(OC)c(OC)c1. The number of methoxy groups -OCH3 is 4. The highest BCUT2D eigenvalue weighted by Gasteiger charge is 2.12. The highest BCUT2D eigenvalue weighted by atomic mass is 16.5. The average Bonchev–Trinajstić information content (AvgIpc) is 2.51. The predicted molar refractivity (Wildman–Crippen MR) is 84.6 cm³/mol. The summed E-state index contributed by atoms with van der Waals surface area (Å²) in [6, 6.07) is 3.48. The summed E-state index contributed by atoms with van der Waals surface area (Å²) in [6.45, 7) is 2.33. The number of ether oxygens (including phenoxy) is 4. The number of benzene rings is 1. The first kappa shape index (κ1) is 17.8. The molecule has 6 heteroatoms. The molecule has 0 aliphatic carbocycles. The summed E-state index contributed by atoms with van der Waals surface area (Å²) in [5, 5.41) is 2.79. The minimum absolute atomic E-state index is 0.0536. The molecule has 1 rings (SSSR count). The van der Waals surface area contributed by atoms with E-state index in [1.807, 2.05) is 6.92 Å². The van der Waals surface area contributed by atoms with Gasteiger partial charge in [0.1, 0.15) is 0 Å². The van der Waals surface area contributed by atoms with Crippen LogP contribution in [0.25, 0.3) is 6.08 Å². The Morgan fingerprint density at radius 2 is 1.73 bits per heavy atom. The maximum atomic E-state index is 11.8. The van der Waals surface area contributed by atoms with Crippen molar-refractivity contribution in [2.75, 3.05) is 35.0 Å². The first-order valence-corrected chi connectivity index (χ1v) is 6.83. The zero-order valence-corrected chi connectivity index (χ0v) is 13.6. The number of carbonyl (C=O) groups is 1. The molecular weight excluding hydrogens is 286 g/mol. The maximum Gasteiger partial charge on any atom is 0.244 e. The van der Waals surface area contributed by atoms with Crippen LogP contribution in [0, 0.1) is 0 Å². The van der Waals surface area contributed by atoms with Crippen molar-refractivity contribution < 1.29 is 23.7 Å². The van der Waals surface area contributed by atoms with E-state index in [2.05, 4.69) is 5.32 Å². The zero-order valence-electron chi connectivity index (χ0n) is 13.6. The van der Waals surface area contributed by atoms with E-state index in [4.69, 9.17) is 18.9 Å². The number of rotatable bonds is 8. The minimum Gasteiger partial charge on any atom is -0.493 e. The van der Waals surface area contributed by atoms with Gasteiger partial charge in [0.05, 0.1) is 27.9 Å². The van der Waals surface area contributed by atoms with Crippen LogP contribution in [0.1, 0.15) is 12.5 Å². The van der Waals surface area contributed by atoms with Crippen molar-refractivity contribution in [1.82, 2.24) is 5.32 Å². The molecule has 0 aliphatic rings. The Balaban J connectivity index is 2.89. The van der Waals surface area contributed by atoms with Gasteiger partial charge in [-0.25, -0.2) is 0 Å². The fraction of sp³-hybridized carbons (Fsp3) is 0.438. The fourth-order valence-electron chi connectivity index (χ4n) is 1.95. The summed E-state index contributed by atoms with van der Waals surface area (Å²) in [5.74, 6) is 1.39. The molecule has 0 saturated heterocycles. The van der Waals surface area contributed by atoms with Crippen LogP contribution in [-0.2, 0) is 9.53 Å². The van der Waals surface area contributed by atoms with Crippen molar-refractivity contribution in [3.63, 3.8) is 0 Å². The summed E-state index contributed by atoms with van der Waals surface area (Å²) >= 11 is 0. The van der Waals surface area contributed by atoms with Crippen molar-refractivity contribution >= 4 is 12.0 Å². The molecule has 0 aromatic heterocycles. The van der Waals surface area contributed by atoms with E-state index in [0.29, 0.717) is 23.9 Å². The highest BCUT2D eigenvalue weighted by molar-refractivity contribution is 5.92. The standard InChI is InChI=1S/C16H23NO5/c1-11(10-19-2)17-15(18)7-6-12-8-13(20-3)16(22-5)14(9-12)21-4/h6-9,11H,10H2,1-5H3,(H,17,18). The predicted octanol–water partition coefficient (Wildman–Crippen LogP) is 1.88. The molecule has 1 aromatic carbocycles. The van der Waals surface area contributed by atoms with Gasteiger partial charge in [0.15, 0.2) is 11.5 Å². The highest BCUT2D eigenvalue weighted by Crippen LogP contribution is 2.38. The lowest BCUT2D eigenvalue weighted by Crippen LogP contribution is -2.34. The van der Waals surface area contributed by atoms with Gasteiger partial charge in [-0.2, -0.15) is 0 Å². The smallest absolute Gasteiger partial charge is 0.244 e. The van der Waals surface area contributed by atoms with Crippen molar-refractivity contribution in [2.24, 2.45) is 0 Å². The normalized spacial score (nSPS) is 12.0. The Labute approximate surface area is 131 Å². The van der Waals surface area contributed by atoms with Crippen molar-refractivity contribution in [3.8, 4) is 17.2 Å². The first-order valence-electron chi connectivity index (χ1n) is 6.83. The van der Waals surface area contributed by atoms with Crippen molar-refractivity contribution in [3.05, 3.63) is 23.8 Å². The third-order valence-electron chi connectivity index (χ3n) is 2.92. The van der Waals surface area contributed by atoms with E-state index in [-0.39, 0.29) is 11.9 Å². The molecule has 22 heavy (non-hydrogen) atoms. The van der Waals surface area contributed by atoms with Crippen LogP contribution in [0.3, 0.4) is 0 Å². The molecule has 0 aliphatic heterocycles. The average molecular weight is 309 g/mol. The van der Waals surface area contributed by atoms with E-state index in [0.717, 1.165) is 5.56 Å². The molecule has 1 amide bonds. The molecule has 122 valence electrons. The number of hydrogen-bond donors (Lipinski definition) is 1. The number of hydrogen-bond acceptors (Lipinski definition) is 5. The minimum atomic E-state index is -0.196. The number of nitrogens with one attached hydrogen (secondary N) is 1. The lowest BCUT2D eigenvalue weighted by Gasteiger charge is -2.13. The van der Waals surface area contributed by atoms with Crippen molar-refractivity contribution in [2.45, 2.75) is 13.0 Å². The zero-order chi connectivity index (χ0) is 16.5. The van der Waals surface area contributed by atoms with Crippen molar-refractivity contribution in [1.29, 1.82) is 0 Å². The molecule has 0 fully saturated rings. The molecule has 1 N–H and O–H groups in total. The Bertz CT molecular complexity index is 502. The Hall–Kier alpha value is -2.21. The third-order valence-corrected chi connectivity index (χ3v) is 2.92. The van der Waals surface area contributed by atoms with Gasteiger partial charge < -0.3 is 24.3 Å². The summed E-state index contributed by atoms with van der Waals surface area (Å²) in [5.41, 5.74) is 0.768. The second kappa shape index (κ2) is 8.94. The van der Waals surface area contributed by atoms with Crippen LogP contribution >= 0.6 is 0 Å². The lowest BCUT2D eigenvalue weighted by molar-refractivity contribution is -0.117. The van der Waals surface area contributed by atoms with Crippen LogP contribution in [0.4, 0.5) is 0 Å². The van der Waals surface area contributed by atoms with Gasteiger partial charge in [0, 0.05) is 19.2 Å². The van der Waals surface area contributed by atoms with Gasteiger partial charge in [0.2, 0.25) is 11.7 Å². The second-order valence-electron chi connectivity index (χ2n) is 4.66. The lowest BCUT2D eigenvalue weighted by atomic mass is 10.1. The van der Waals surface area contributed by atoms with Crippen LogP contribution in [-0.4, -0.2) is 47.0 Å². The maximum absolute atomic E-state index is 11.8. The van der Waals surface area contributed by atoms with Gasteiger partial charge in [-0.3, -0.25) is 4.79 Å². The van der Waals surface area contributed by atoms with Gasteiger partial charge in [0.25, 0.3) is 0 Å². The molecule has 0 heterocycles. The van der Waals surface area contributed by atoms with Gasteiger partial charge >= 0.3 is 0 Å². The molecule has 0 radical (unpaired) electrons. The topological polar surface area (TPSA) is 66.0 Å². The number of amides is 1. The summed E-state index contributed by atoms with van der Waals surface area (Å²) in [7, 11) is 6.22. The van der Waals surface area contributed by atoms with E-state index in [9.17, 15) is 4.79 Å². The molecule has 6 nitrogen and oxygen atoms in total. The third kappa shape index (κ3) is 4.96. The van der Waals surface area contributed by atoms with E-state index >= 15 is 0 Å². The molecule has 0 saturated carbocycles. The molecular formula is C16H23NO5.